The van der Waals surface area contributed by atoms with Crippen molar-refractivity contribution in [2.24, 2.45) is 5.73 Å². The van der Waals surface area contributed by atoms with E-state index in [0.29, 0.717) is 6.54 Å². The standard InChI is InChI=1S/C2H7NO.C2H4O2S.ClH/c3-1-2-4;3-2(4)1-5;/h4H,1-3H2;5H,1H2,(H,3,4);1H. The topological polar surface area (TPSA) is 83.5 Å². The fourth-order valence-electron chi connectivity index (χ4n) is 0. The number of thiol groups is 1. The van der Waals surface area contributed by atoms with Crippen LogP contribution in [0.25, 0.3) is 0 Å². The number of hydrogen-bond acceptors (Lipinski definition) is 4. The third kappa shape index (κ3) is 43.2. The van der Waals surface area contributed by atoms with Crippen LogP contribution in [0.3, 0.4) is 0 Å². The highest BCUT2D eigenvalue weighted by atomic mass is 35.5. The molecule has 0 aliphatic rings. The molecule has 0 radical (unpaired) electrons. The summed E-state index contributed by atoms with van der Waals surface area (Å²) in [5.74, 6) is -0.965. The number of aliphatic hydroxyl groups excluding tert-OH is 1. The van der Waals surface area contributed by atoms with Crippen LogP contribution in [0.1, 0.15) is 0 Å². The Bertz CT molecular complexity index is 71.5. The zero-order valence-corrected chi connectivity index (χ0v) is 7.07. The molecule has 0 unspecified atom stereocenters. The van der Waals surface area contributed by atoms with Crippen molar-refractivity contribution in [3.8, 4) is 0 Å². The van der Waals surface area contributed by atoms with E-state index in [4.69, 9.17) is 15.9 Å². The second-order valence-corrected chi connectivity index (χ2v) is 1.38. The van der Waals surface area contributed by atoms with Crippen molar-refractivity contribution < 1.29 is 15.0 Å². The van der Waals surface area contributed by atoms with Gasteiger partial charge in [0.1, 0.15) is 0 Å². The molecule has 0 rings (SSSR count). The molecule has 0 atom stereocenters. The van der Waals surface area contributed by atoms with Crippen molar-refractivity contribution >= 4 is 31.0 Å². The van der Waals surface area contributed by atoms with Crippen LogP contribution >= 0.6 is 25.0 Å². The molecule has 0 fully saturated rings. The SMILES string of the molecule is Cl.NCCO.O=C(O)CS. The number of aliphatic carboxylic acids is 1. The number of carboxylic acid groups (broad SMARTS) is 1. The quantitative estimate of drug-likeness (QED) is 0.436. The van der Waals surface area contributed by atoms with Crippen molar-refractivity contribution in [3.63, 3.8) is 0 Å². The van der Waals surface area contributed by atoms with Gasteiger partial charge in [0, 0.05) is 6.54 Å². The molecule has 0 spiro atoms. The van der Waals surface area contributed by atoms with E-state index in [9.17, 15) is 4.79 Å². The molecule has 0 saturated heterocycles. The molecule has 0 bridgehead atoms. The minimum atomic E-state index is -0.881. The molecule has 4 nitrogen and oxygen atoms in total. The third-order valence-corrected chi connectivity index (χ3v) is 0.535. The van der Waals surface area contributed by atoms with Crippen LogP contribution < -0.4 is 5.73 Å². The van der Waals surface area contributed by atoms with E-state index in [2.05, 4.69) is 12.6 Å². The Kier molecular flexibility index (Phi) is 26.5. The van der Waals surface area contributed by atoms with Crippen LogP contribution in [-0.2, 0) is 4.79 Å². The average molecular weight is 190 g/mol. The van der Waals surface area contributed by atoms with E-state index >= 15 is 0 Å². The van der Waals surface area contributed by atoms with Gasteiger partial charge in [-0.05, 0) is 0 Å². The average Bonchev–Trinajstić information content (AvgIpc) is 1.89. The lowest BCUT2D eigenvalue weighted by Gasteiger charge is -1.71. The van der Waals surface area contributed by atoms with Crippen molar-refractivity contribution in [2.75, 3.05) is 18.9 Å². The van der Waals surface area contributed by atoms with Gasteiger partial charge < -0.3 is 15.9 Å². The van der Waals surface area contributed by atoms with Gasteiger partial charge >= 0.3 is 5.97 Å². The Labute approximate surface area is 71.2 Å². The van der Waals surface area contributed by atoms with Crippen LogP contribution in [0.4, 0.5) is 0 Å². The molecule has 0 amide bonds. The lowest BCUT2D eigenvalue weighted by Crippen LogP contribution is -2.02. The second-order valence-electron chi connectivity index (χ2n) is 1.06. The summed E-state index contributed by atoms with van der Waals surface area (Å²) < 4.78 is 0. The molecule has 0 aliphatic carbocycles. The summed E-state index contributed by atoms with van der Waals surface area (Å²) in [7, 11) is 0. The van der Waals surface area contributed by atoms with Gasteiger partial charge in [0.25, 0.3) is 0 Å². The van der Waals surface area contributed by atoms with E-state index < -0.39 is 5.97 Å². The summed E-state index contributed by atoms with van der Waals surface area (Å²) in [5.41, 5.74) is 4.78. The van der Waals surface area contributed by atoms with Crippen molar-refractivity contribution in [3.05, 3.63) is 0 Å². The molecule has 4 N–H and O–H groups in total. The summed E-state index contributed by atoms with van der Waals surface area (Å²) >= 11 is 3.42. The Balaban J connectivity index is -0.0000000910. The summed E-state index contributed by atoms with van der Waals surface area (Å²) in [5, 5.41) is 15.4. The Morgan fingerprint density at radius 2 is 1.80 bits per heavy atom. The molecular weight excluding hydrogens is 178 g/mol. The molecule has 0 aromatic rings. The third-order valence-electron chi connectivity index (χ3n) is 0.264. The van der Waals surface area contributed by atoms with Crippen LogP contribution in [0, 0.1) is 0 Å². The van der Waals surface area contributed by atoms with Crippen molar-refractivity contribution in [1.29, 1.82) is 0 Å². The Morgan fingerprint density at radius 1 is 1.60 bits per heavy atom. The van der Waals surface area contributed by atoms with Crippen LogP contribution in [-0.4, -0.2) is 35.1 Å². The van der Waals surface area contributed by atoms with Crippen molar-refractivity contribution in [1.82, 2.24) is 0 Å². The smallest absolute Gasteiger partial charge is 0.313 e. The maximum absolute atomic E-state index is 9.29. The first-order valence-corrected chi connectivity index (χ1v) is 2.95. The number of hydrogen-bond donors (Lipinski definition) is 4. The van der Waals surface area contributed by atoms with Gasteiger partial charge in [-0.25, -0.2) is 0 Å². The first-order chi connectivity index (χ1) is 4.18. The molecule has 0 saturated carbocycles. The van der Waals surface area contributed by atoms with E-state index in [1.807, 2.05) is 0 Å². The Morgan fingerprint density at radius 3 is 1.80 bits per heavy atom. The highest BCUT2D eigenvalue weighted by Crippen LogP contribution is 1.66. The van der Waals surface area contributed by atoms with E-state index in [-0.39, 0.29) is 24.8 Å². The fraction of sp³-hybridized carbons (Fsp3) is 0.750. The molecular formula is C4H12ClNO3S. The van der Waals surface area contributed by atoms with Gasteiger partial charge in [0.15, 0.2) is 0 Å². The summed E-state index contributed by atoms with van der Waals surface area (Å²) in [6, 6.07) is 0. The van der Waals surface area contributed by atoms with Crippen LogP contribution in [0.15, 0.2) is 0 Å². The second kappa shape index (κ2) is 16.0. The largest absolute Gasteiger partial charge is 0.481 e. The number of aliphatic hydroxyl groups is 1. The van der Waals surface area contributed by atoms with E-state index in [1.165, 1.54) is 0 Å². The maximum Gasteiger partial charge on any atom is 0.313 e. The lowest BCUT2D eigenvalue weighted by molar-refractivity contribution is -0.133. The highest BCUT2D eigenvalue weighted by Gasteiger charge is 1.81. The fourth-order valence-corrected chi connectivity index (χ4v) is 0. The zero-order chi connectivity index (χ0) is 7.70. The molecule has 0 heterocycles. The first kappa shape index (κ1) is 16.5. The minimum absolute atomic E-state index is 0. The van der Waals surface area contributed by atoms with E-state index in [0.717, 1.165) is 0 Å². The normalized spacial score (nSPS) is 6.70. The molecule has 6 heteroatoms. The monoisotopic (exact) mass is 189 g/mol. The molecule has 10 heavy (non-hydrogen) atoms. The Hall–Kier alpha value is 0.0300. The molecule has 0 aromatic carbocycles. The maximum atomic E-state index is 9.29. The highest BCUT2D eigenvalue weighted by molar-refractivity contribution is 7.81. The van der Waals surface area contributed by atoms with Gasteiger partial charge in [0.2, 0.25) is 0 Å². The molecule has 0 aliphatic heterocycles. The number of carbonyl (C=O) groups is 1. The number of carboxylic acids is 1. The number of rotatable bonds is 2. The van der Waals surface area contributed by atoms with Gasteiger partial charge in [-0.1, -0.05) is 0 Å². The minimum Gasteiger partial charge on any atom is -0.481 e. The van der Waals surface area contributed by atoms with Crippen LogP contribution in [0.2, 0.25) is 0 Å². The summed E-state index contributed by atoms with van der Waals surface area (Å²) in [6.45, 7) is 0.472. The first-order valence-electron chi connectivity index (χ1n) is 2.32. The van der Waals surface area contributed by atoms with Crippen molar-refractivity contribution in [2.45, 2.75) is 0 Å². The number of halogens is 1. The predicted molar refractivity (Wildman–Crippen MR) is 44.9 cm³/mol. The lowest BCUT2D eigenvalue weighted by atomic mass is 10.8. The number of nitrogens with two attached hydrogens (primary N) is 1. The van der Waals surface area contributed by atoms with Gasteiger partial charge in [-0.3, -0.25) is 4.79 Å². The molecule has 0 aromatic heterocycles. The van der Waals surface area contributed by atoms with Gasteiger partial charge in [-0.15, -0.1) is 12.4 Å². The molecule has 64 valence electrons. The summed E-state index contributed by atoms with van der Waals surface area (Å²) in [6.07, 6.45) is 0. The van der Waals surface area contributed by atoms with Gasteiger partial charge in [-0.2, -0.15) is 12.6 Å². The zero-order valence-electron chi connectivity index (χ0n) is 5.36. The van der Waals surface area contributed by atoms with E-state index in [1.54, 1.807) is 0 Å². The predicted octanol–water partition coefficient (Wildman–Crippen LogP) is -0.640. The summed E-state index contributed by atoms with van der Waals surface area (Å²) in [4.78, 5) is 9.29. The van der Waals surface area contributed by atoms with Gasteiger partial charge in [0.05, 0.1) is 12.4 Å². The van der Waals surface area contributed by atoms with Crippen LogP contribution in [0.5, 0.6) is 0 Å².